The Kier molecular flexibility index (Phi) is 6.99. The van der Waals surface area contributed by atoms with Crippen LogP contribution in [0.5, 0.6) is 5.75 Å². The number of carbonyl (C=O) groups is 3. The number of aromatic nitrogens is 2. The second-order valence-electron chi connectivity index (χ2n) is 6.31. The summed E-state index contributed by atoms with van der Waals surface area (Å²) in [5.74, 6) is -0.148. The van der Waals surface area contributed by atoms with E-state index in [9.17, 15) is 14.4 Å². The number of H-pyrrole nitrogens is 1. The van der Waals surface area contributed by atoms with Crippen LogP contribution < -0.4 is 15.4 Å². The number of fused-ring (bicyclic) bond motifs is 1. The van der Waals surface area contributed by atoms with Crippen molar-refractivity contribution in [2.24, 2.45) is 0 Å². The lowest BCUT2D eigenvalue weighted by molar-refractivity contribution is 0.0951. The first kappa shape index (κ1) is 20.8. The minimum absolute atomic E-state index is 0.185. The molecule has 0 saturated heterocycles. The molecule has 2 amide bonds. The van der Waals surface area contributed by atoms with Gasteiger partial charge in [-0.1, -0.05) is 0 Å². The molecule has 9 nitrogen and oxygen atoms in total. The zero-order chi connectivity index (χ0) is 21.3. The topological polar surface area (TPSA) is 122 Å². The molecule has 1 aromatic heterocycles. The molecule has 0 spiro atoms. The summed E-state index contributed by atoms with van der Waals surface area (Å²) in [7, 11) is 0. The zero-order valence-corrected chi connectivity index (χ0v) is 16.4. The molecule has 0 saturated carbocycles. The van der Waals surface area contributed by atoms with Gasteiger partial charge in [-0.2, -0.15) is 0 Å². The van der Waals surface area contributed by atoms with Gasteiger partial charge in [0.05, 0.1) is 24.0 Å². The van der Waals surface area contributed by atoms with Gasteiger partial charge >= 0.3 is 6.16 Å². The van der Waals surface area contributed by atoms with Crippen molar-refractivity contribution >= 4 is 29.0 Å². The van der Waals surface area contributed by atoms with E-state index in [2.05, 4.69) is 25.3 Å². The van der Waals surface area contributed by atoms with E-state index in [4.69, 9.17) is 4.74 Å². The Balaban J connectivity index is 1.38. The third-order valence-corrected chi connectivity index (χ3v) is 4.19. The van der Waals surface area contributed by atoms with Crippen LogP contribution in [0.2, 0.25) is 0 Å². The summed E-state index contributed by atoms with van der Waals surface area (Å²) >= 11 is 0. The van der Waals surface area contributed by atoms with Crippen LogP contribution in [0.3, 0.4) is 0 Å². The van der Waals surface area contributed by atoms with Gasteiger partial charge in [-0.15, -0.1) is 0 Å². The van der Waals surface area contributed by atoms with Gasteiger partial charge in [0.15, 0.2) is 0 Å². The molecule has 0 fully saturated rings. The summed E-state index contributed by atoms with van der Waals surface area (Å²) in [5.41, 5.74) is 2.58. The number of carbonyl (C=O) groups excluding carboxylic acids is 3. The van der Waals surface area contributed by atoms with Gasteiger partial charge in [-0.25, -0.2) is 9.78 Å². The maximum absolute atomic E-state index is 12.2. The van der Waals surface area contributed by atoms with Gasteiger partial charge in [0, 0.05) is 24.2 Å². The van der Waals surface area contributed by atoms with E-state index in [1.807, 2.05) is 0 Å². The average molecular weight is 410 g/mol. The van der Waals surface area contributed by atoms with Crippen molar-refractivity contribution in [3.05, 3.63) is 59.9 Å². The lowest BCUT2D eigenvalue weighted by Crippen LogP contribution is -2.29. The van der Waals surface area contributed by atoms with E-state index in [1.165, 1.54) is 12.1 Å². The van der Waals surface area contributed by atoms with Crippen LogP contribution in [-0.2, 0) is 4.74 Å². The van der Waals surface area contributed by atoms with Gasteiger partial charge < -0.3 is 25.1 Å². The minimum Gasteiger partial charge on any atom is -0.434 e. The Morgan fingerprint density at radius 3 is 2.33 bits per heavy atom. The van der Waals surface area contributed by atoms with Gasteiger partial charge in [-0.3, -0.25) is 9.59 Å². The third kappa shape index (κ3) is 5.57. The van der Waals surface area contributed by atoms with E-state index in [0.29, 0.717) is 36.4 Å². The van der Waals surface area contributed by atoms with E-state index >= 15 is 0 Å². The minimum atomic E-state index is -0.791. The Bertz CT molecular complexity index is 1030. The second-order valence-corrected chi connectivity index (χ2v) is 6.31. The zero-order valence-electron chi connectivity index (χ0n) is 16.4. The van der Waals surface area contributed by atoms with Crippen LogP contribution in [0.1, 0.15) is 34.1 Å². The second kappa shape index (κ2) is 10.1. The molecule has 0 aliphatic rings. The molecular formula is C21H22N4O5. The van der Waals surface area contributed by atoms with Crippen LogP contribution in [-0.4, -0.2) is 47.6 Å². The summed E-state index contributed by atoms with van der Waals surface area (Å²) < 4.78 is 9.63. The van der Waals surface area contributed by atoms with Crippen molar-refractivity contribution < 1.29 is 23.9 Å². The van der Waals surface area contributed by atoms with Crippen LogP contribution in [0, 0.1) is 0 Å². The number of ether oxygens (including phenoxy) is 2. The smallest absolute Gasteiger partial charge is 0.434 e. The first-order chi connectivity index (χ1) is 14.6. The average Bonchev–Trinajstić information content (AvgIpc) is 3.21. The molecule has 1 heterocycles. The highest BCUT2D eigenvalue weighted by Crippen LogP contribution is 2.13. The van der Waals surface area contributed by atoms with E-state index in [-0.39, 0.29) is 18.4 Å². The number of hydrogen-bond acceptors (Lipinski definition) is 6. The maximum Gasteiger partial charge on any atom is 0.513 e. The SMILES string of the molecule is CCOC(=O)Oc1ccc(C(=O)NCCCNC(=O)c2ccc3nc[nH]c3c2)cc1. The predicted molar refractivity (Wildman–Crippen MR) is 109 cm³/mol. The van der Waals surface area contributed by atoms with E-state index in [0.717, 1.165) is 11.0 Å². The number of benzene rings is 2. The number of imidazole rings is 1. The Morgan fingerprint density at radius 2 is 1.63 bits per heavy atom. The summed E-state index contributed by atoms with van der Waals surface area (Å²) in [6, 6.07) is 11.4. The molecule has 9 heteroatoms. The first-order valence-electron chi connectivity index (χ1n) is 9.51. The third-order valence-electron chi connectivity index (χ3n) is 4.19. The highest BCUT2D eigenvalue weighted by Gasteiger charge is 2.09. The molecule has 3 N–H and O–H groups in total. The summed E-state index contributed by atoms with van der Waals surface area (Å²) in [6.07, 6.45) is 1.37. The fraction of sp³-hybridized carbons (Fsp3) is 0.238. The van der Waals surface area contributed by atoms with Crippen LogP contribution in [0.25, 0.3) is 11.0 Å². The lowest BCUT2D eigenvalue weighted by atomic mass is 10.2. The molecule has 0 radical (unpaired) electrons. The van der Waals surface area contributed by atoms with Crippen molar-refractivity contribution in [1.29, 1.82) is 0 Å². The fourth-order valence-corrected chi connectivity index (χ4v) is 2.69. The van der Waals surface area contributed by atoms with Crippen molar-refractivity contribution in [3.8, 4) is 5.75 Å². The van der Waals surface area contributed by atoms with Crippen LogP contribution >= 0.6 is 0 Å². The molecule has 3 aromatic rings. The predicted octanol–water partition coefficient (Wildman–Crippen LogP) is 2.65. The van der Waals surface area contributed by atoms with Crippen LogP contribution in [0.4, 0.5) is 4.79 Å². The molecule has 3 rings (SSSR count). The van der Waals surface area contributed by atoms with E-state index in [1.54, 1.807) is 43.6 Å². The van der Waals surface area contributed by atoms with Crippen molar-refractivity contribution in [3.63, 3.8) is 0 Å². The molecule has 156 valence electrons. The highest BCUT2D eigenvalue weighted by atomic mass is 16.7. The molecular weight excluding hydrogens is 388 g/mol. The molecule has 0 unspecified atom stereocenters. The van der Waals surface area contributed by atoms with Crippen LogP contribution in [0.15, 0.2) is 48.8 Å². The highest BCUT2D eigenvalue weighted by molar-refractivity contribution is 5.97. The van der Waals surface area contributed by atoms with Crippen molar-refractivity contribution in [2.75, 3.05) is 19.7 Å². The molecule has 0 aliphatic carbocycles. The van der Waals surface area contributed by atoms with E-state index < -0.39 is 6.16 Å². The number of hydrogen-bond donors (Lipinski definition) is 3. The number of rotatable bonds is 8. The normalized spacial score (nSPS) is 10.4. The number of nitrogens with zero attached hydrogens (tertiary/aromatic N) is 1. The number of nitrogens with one attached hydrogen (secondary N) is 3. The standard InChI is InChI=1S/C21H22N4O5/c1-2-29-21(28)30-16-7-4-14(5-8-16)19(26)22-10-3-11-23-20(27)15-6-9-17-18(12-15)25-13-24-17/h4-9,12-13H,2-3,10-11H2,1H3,(H,22,26)(H,23,27)(H,24,25). The Morgan fingerprint density at radius 1 is 0.967 bits per heavy atom. The summed E-state index contributed by atoms with van der Waals surface area (Å²) in [6.45, 7) is 2.73. The molecule has 30 heavy (non-hydrogen) atoms. The largest absolute Gasteiger partial charge is 0.513 e. The maximum atomic E-state index is 12.2. The van der Waals surface area contributed by atoms with Gasteiger partial charge in [0.2, 0.25) is 0 Å². The Labute approximate surface area is 172 Å². The monoisotopic (exact) mass is 410 g/mol. The molecule has 0 atom stereocenters. The Hall–Kier alpha value is -3.88. The summed E-state index contributed by atoms with van der Waals surface area (Å²) in [4.78, 5) is 42.7. The van der Waals surface area contributed by atoms with Gasteiger partial charge in [0.25, 0.3) is 11.8 Å². The van der Waals surface area contributed by atoms with Crippen molar-refractivity contribution in [2.45, 2.75) is 13.3 Å². The van der Waals surface area contributed by atoms with Gasteiger partial charge in [-0.05, 0) is 55.8 Å². The fourth-order valence-electron chi connectivity index (χ4n) is 2.69. The summed E-state index contributed by atoms with van der Waals surface area (Å²) in [5, 5.41) is 5.60. The number of aromatic amines is 1. The van der Waals surface area contributed by atoms with Gasteiger partial charge in [0.1, 0.15) is 5.75 Å². The van der Waals surface area contributed by atoms with Crippen molar-refractivity contribution in [1.82, 2.24) is 20.6 Å². The molecule has 2 aromatic carbocycles. The molecule has 0 aliphatic heterocycles. The quantitative estimate of drug-likeness (QED) is 0.298. The first-order valence-corrected chi connectivity index (χ1v) is 9.51. The number of amides is 2. The molecule has 0 bridgehead atoms. The lowest BCUT2D eigenvalue weighted by Gasteiger charge is -2.08.